The van der Waals surface area contributed by atoms with Gasteiger partial charge in [0.1, 0.15) is 5.82 Å². The fourth-order valence-electron chi connectivity index (χ4n) is 2.39. The van der Waals surface area contributed by atoms with Crippen molar-refractivity contribution in [2.24, 2.45) is 0 Å². The van der Waals surface area contributed by atoms with E-state index in [-0.39, 0.29) is 4.75 Å². The highest BCUT2D eigenvalue weighted by atomic mass is 32.2. The molecule has 16 heavy (non-hydrogen) atoms. The predicted octanol–water partition coefficient (Wildman–Crippen LogP) is 3.61. The van der Waals surface area contributed by atoms with Gasteiger partial charge in [-0.15, -0.1) is 11.8 Å². The molecule has 1 aliphatic rings. The highest BCUT2D eigenvalue weighted by Gasteiger charge is 2.34. The Morgan fingerprint density at radius 3 is 3.00 bits per heavy atom. The number of thioether (sulfide) groups is 1. The SMILES string of the molecule is Cc1cccc2[nH]c(C3(C)CCCS3)nc12. The molecule has 1 aromatic heterocycles. The summed E-state index contributed by atoms with van der Waals surface area (Å²) in [5.74, 6) is 2.41. The van der Waals surface area contributed by atoms with Crippen LogP contribution in [0.2, 0.25) is 0 Å². The normalized spacial score (nSPS) is 25.4. The number of rotatable bonds is 1. The quantitative estimate of drug-likeness (QED) is 0.813. The molecule has 2 aromatic rings. The molecule has 0 saturated carbocycles. The lowest BCUT2D eigenvalue weighted by Gasteiger charge is -2.19. The zero-order chi connectivity index (χ0) is 11.2. The largest absolute Gasteiger partial charge is 0.341 e. The van der Waals surface area contributed by atoms with E-state index in [0.717, 1.165) is 11.3 Å². The number of imidazole rings is 1. The molecule has 3 rings (SSSR count). The smallest absolute Gasteiger partial charge is 0.123 e. The van der Waals surface area contributed by atoms with Crippen molar-refractivity contribution in [1.82, 2.24) is 9.97 Å². The molecule has 1 fully saturated rings. The number of nitrogens with zero attached hydrogens (tertiary/aromatic N) is 1. The monoisotopic (exact) mass is 232 g/mol. The molecule has 1 N–H and O–H groups in total. The summed E-state index contributed by atoms with van der Waals surface area (Å²) in [7, 11) is 0. The molecule has 1 aromatic carbocycles. The number of hydrogen-bond acceptors (Lipinski definition) is 2. The van der Waals surface area contributed by atoms with Crippen LogP contribution in [0.15, 0.2) is 18.2 Å². The number of benzene rings is 1. The second-order valence-electron chi connectivity index (χ2n) is 4.74. The maximum Gasteiger partial charge on any atom is 0.123 e. The number of H-pyrrole nitrogens is 1. The van der Waals surface area contributed by atoms with E-state index in [0.29, 0.717) is 0 Å². The molecule has 84 valence electrons. The second kappa shape index (κ2) is 3.52. The standard InChI is InChI=1S/C13H16N2S/c1-9-5-3-6-10-11(9)15-12(14-10)13(2)7-4-8-16-13/h3,5-6H,4,7-8H2,1-2H3,(H,14,15). The molecular weight excluding hydrogens is 216 g/mol. The van der Waals surface area contributed by atoms with Crippen molar-refractivity contribution in [3.8, 4) is 0 Å². The molecule has 0 bridgehead atoms. The van der Waals surface area contributed by atoms with E-state index in [4.69, 9.17) is 4.98 Å². The van der Waals surface area contributed by atoms with Gasteiger partial charge in [-0.2, -0.15) is 0 Å². The van der Waals surface area contributed by atoms with Gasteiger partial charge in [0.2, 0.25) is 0 Å². The molecule has 0 radical (unpaired) electrons. The molecule has 1 aliphatic heterocycles. The fraction of sp³-hybridized carbons (Fsp3) is 0.462. The zero-order valence-electron chi connectivity index (χ0n) is 9.71. The molecule has 1 unspecified atom stereocenters. The molecule has 1 saturated heterocycles. The van der Waals surface area contributed by atoms with Crippen molar-refractivity contribution in [3.05, 3.63) is 29.6 Å². The van der Waals surface area contributed by atoms with Gasteiger partial charge in [0.25, 0.3) is 0 Å². The van der Waals surface area contributed by atoms with Crippen LogP contribution < -0.4 is 0 Å². The van der Waals surface area contributed by atoms with Gasteiger partial charge in [-0.05, 0) is 44.1 Å². The molecule has 0 amide bonds. The lowest BCUT2D eigenvalue weighted by Crippen LogP contribution is -2.14. The molecule has 0 aliphatic carbocycles. The number of hydrogen-bond donors (Lipinski definition) is 1. The lowest BCUT2D eigenvalue weighted by atomic mass is 10.1. The van der Waals surface area contributed by atoms with Crippen LogP contribution in [-0.4, -0.2) is 15.7 Å². The van der Waals surface area contributed by atoms with Crippen molar-refractivity contribution >= 4 is 22.8 Å². The third-order valence-corrected chi connectivity index (χ3v) is 4.96. The summed E-state index contributed by atoms with van der Waals surface area (Å²) in [6, 6.07) is 6.32. The summed E-state index contributed by atoms with van der Waals surface area (Å²) >= 11 is 2.03. The number of aromatic nitrogens is 2. The molecule has 2 nitrogen and oxygen atoms in total. The summed E-state index contributed by atoms with van der Waals surface area (Å²) in [6.07, 6.45) is 2.54. The van der Waals surface area contributed by atoms with Crippen LogP contribution in [0, 0.1) is 6.92 Å². The Bertz CT molecular complexity index is 524. The minimum atomic E-state index is 0.200. The molecule has 2 heterocycles. The van der Waals surface area contributed by atoms with Crippen LogP contribution in [0.5, 0.6) is 0 Å². The van der Waals surface area contributed by atoms with Crippen LogP contribution in [0.25, 0.3) is 11.0 Å². The number of aromatic amines is 1. The number of aryl methyl sites for hydroxylation is 1. The highest BCUT2D eigenvalue weighted by Crippen LogP contribution is 2.45. The van der Waals surface area contributed by atoms with Crippen LogP contribution in [0.3, 0.4) is 0 Å². The second-order valence-corrected chi connectivity index (χ2v) is 6.34. The van der Waals surface area contributed by atoms with Gasteiger partial charge >= 0.3 is 0 Å². The molecular formula is C13H16N2S. The van der Waals surface area contributed by atoms with Crippen molar-refractivity contribution in [3.63, 3.8) is 0 Å². The van der Waals surface area contributed by atoms with E-state index in [1.54, 1.807) is 0 Å². The first kappa shape index (κ1) is 10.2. The van der Waals surface area contributed by atoms with Crippen LogP contribution in [0.4, 0.5) is 0 Å². The first-order chi connectivity index (χ1) is 7.69. The summed E-state index contributed by atoms with van der Waals surface area (Å²) in [4.78, 5) is 8.28. The first-order valence-corrected chi connectivity index (χ1v) is 6.77. The Hall–Kier alpha value is -0.960. The highest BCUT2D eigenvalue weighted by molar-refractivity contribution is 8.00. The minimum absolute atomic E-state index is 0.200. The summed E-state index contributed by atoms with van der Waals surface area (Å²) in [6.45, 7) is 4.43. The van der Waals surface area contributed by atoms with Gasteiger partial charge in [-0.25, -0.2) is 4.98 Å². The summed E-state index contributed by atoms with van der Waals surface area (Å²) < 4.78 is 0.200. The van der Waals surface area contributed by atoms with E-state index in [2.05, 4.69) is 37.0 Å². The Labute approximate surface area is 99.8 Å². The van der Waals surface area contributed by atoms with Crippen molar-refractivity contribution in [2.45, 2.75) is 31.4 Å². The number of nitrogens with one attached hydrogen (secondary N) is 1. The predicted molar refractivity (Wildman–Crippen MR) is 69.9 cm³/mol. The summed E-state index contributed by atoms with van der Waals surface area (Å²) in [5.41, 5.74) is 3.56. The average Bonchev–Trinajstić information content (AvgIpc) is 2.85. The van der Waals surface area contributed by atoms with Crippen LogP contribution in [-0.2, 0) is 4.75 Å². The summed E-state index contributed by atoms with van der Waals surface area (Å²) in [5, 5.41) is 0. The Balaban J connectivity index is 2.15. The third kappa shape index (κ3) is 1.46. The van der Waals surface area contributed by atoms with E-state index < -0.39 is 0 Å². The minimum Gasteiger partial charge on any atom is -0.341 e. The molecule has 1 atom stereocenters. The Morgan fingerprint density at radius 1 is 1.44 bits per heavy atom. The van der Waals surface area contributed by atoms with Gasteiger partial charge in [-0.1, -0.05) is 12.1 Å². The van der Waals surface area contributed by atoms with Crippen LogP contribution in [0.1, 0.15) is 31.2 Å². The third-order valence-electron chi connectivity index (χ3n) is 3.43. The van der Waals surface area contributed by atoms with E-state index >= 15 is 0 Å². The number of fused-ring (bicyclic) bond motifs is 1. The molecule has 3 heteroatoms. The maximum absolute atomic E-state index is 4.79. The Kier molecular flexibility index (Phi) is 2.25. The molecule has 0 spiro atoms. The lowest BCUT2D eigenvalue weighted by molar-refractivity contribution is 0.614. The van der Waals surface area contributed by atoms with E-state index in [1.165, 1.54) is 29.7 Å². The zero-order valence-corrected chi connectivity index (χ0v) is 10.5. The van der Waals surface area contributed by atoms with Crippen LogP contribution >= 0.6 is 11.8 Å². The topological polar surface area (TPSA) is 28.7 Å². The van der Waals surface area contributed by atoms with E-state index in [1.807, 2.05) is 11.8 Å². The van der Waals surface area contributed by atoms with Crippen molar-refractivity contribution < 1.29 is 0 Å². The average molecular weight is 232 g/mol. The maximum atomic E-state index is 4.79. The van der Waals surface area contributed by atoms with Gasteiger partial charge in [0.15, 0.2) is 0 Å². The van der Waals surface area contributed by atoms with Gasteiger partial charge in [0, 0.05) is 0 Å². The van der Waals surface area contributed by atoms with Gasteiger partial charge in [-0.3, -0.25) is 0 Å². The fourth-order valence-corrected chi connectivity index (χ4v) is 3.65. The van der Waals surface area contributed by atoms with E-state index in [9.17, 15) is 0 Å². The van der Waals surface area contributed by atoms with Gasteiger partial charge < -0.3 is 4.98 Å². The van der Waals surface area contributed by atoms with Gasteiger partial charge in [0.05, 0.1) is 15.8 Å². The number of para-hydroxylation sites is 1. The Morgan fingerprint density at radius 2 is 2.31 bits per heavy atom. The van der Waals surface area contributed by atoms with Crippen molar-refractivity contribution in [2.75, 3.05) is 5.75 Å². The van der Waals surface area contributed by atoms with Crippen molar-refractivity contribution in [1.29, 1.82) is 0 Å². The first-order valence-electron chi connectivity index (χ1n) is 5.79.